The quantitative estimate of drug-likeness (QED) is 0.136. The number of thiophene rings is 1. The zero-order valence-electron chi connectivity index (χ0n) is 68.4. The molecule has 0 radical (unpaired) electrons. The van der Waals surface area contributed by atoms with Crippen molar-refractivity contribution >= 4 is 111 Å². The van der Waals surface area contributed by atoms with Gasteiger partial charge in [0.15, 0.2) is 12.7 Å². The van der Waals surface area contributed by atoms with Crippen LogP contribution in [0, 0.1) is 0 Å². The molecule has 0 amide bonds. The number of rotatable bonds is 0. The molecule has 0 fully saturated rings. The summed E-state index contributed by atoms with van der Waals surface area (Å²) < 4.78 is 48.5. The van der Waals surface area contributed by atoms with Gasteiger partial charge in [0.2, 0.25) is 19.2 Å². The van der Waals surface area contributed by atoms with E-state index in [-0.39, 0.29) is 0 Å². The van der Waals surface area contributed by atoms with Gasteiger partial charge in [-0.25, -0.2) is 48.9 Å². The maximum Gasteiger partial charge on any atom is 0.213 e. The molecule has 0 unspecified atom stereocenters. The molecule has 0 spiro atoms. The molecule has 0 saturated heterocycles. The minimum atomic E-state index is 0.667. The summed E-state index contributed by atoms with van der Waals surface area (Å²) in [5.41, 5.74) is 6.83. The van der Waals surface area contributed by atoms with Crippen LogP contribution in [0.15, 0.2) is 479 Å². The average Bonchev–Trinajstić information content (AvgIpc) is 2.05. The number of nitrogens with zero attached hydrogens (tertiary/aromatic N) is 39. The first kappa shape index (κ1) is 111. The average molecular weight is 1890 g/mol. The first-order chi connectivity index (χ1) is 65.0. The van der Waals surface area contributed by atoms with Gasteiger partial charge in [0, 0.05) is 146 Å². The molecule has 0 N–H and O–H groups in total. The van der Waals surface area contributed by atoms with Crippen molar-refractivity contribution in [2.75, 3.05) is 19.6 Å². The molecule has 0 saturated carbocycles. The summed E-state index contributed by atoms with van der Waals surface area (Å²) in [4.78, 5) is 51.3. The van der Waals surface area contributed by atoms with Crippen LogP contribution in [0.4, 0.5) is 0 Å². The van der Waals surface area contributed by atoms with E-state index in [1.54, 1.807) is 212 Å². The Balaban J connectivity index is 0.000000677. The number of allylic oxidation sites excluding steroid dienone is 6. The number of oxazole rings is 1. The monoisotopic (exact) mass is 1890 g/mol. The van der Waals surface area contributed by atoms with Crippen LogP contribution < -0.4 is 0 Å². The first-order valence-electron chi connectivity index (χ1n) is 36.0. The number of hydrogen-bond acceptors (Lipinski definition) is 53. The van der Waals surface area contributed by atoms with Crippen LogP contribution in [0.2, 0.25) is 0 Å². The van der Waals surface area contributed by atoms with Crippen LogP contribution in [0.1, 0.15) is 19.3 Å². The number of aliphatic imine (C=N–C) groups is 2. The summed E-state index contributed by atoms with van der Waals surface area (Å²) in [6, 6.07) is 22.5. The minimum Gasteiger partial charge on any atom is -0.473 e. The molecule has 19 aromatic rings. The lowest BCUT2D eigenvalue weighted by Crippen LogP contribution is -1.73. The molecule has 0 atom stereocenters. The van der Waals surface area contributed by atoms with Gasteiger partial charge >= 0.3 is 0 Å². The number of thiazole rings is 1. The summed E-state index contributed by atoms with van der Waals surface area (Å²) in [5, 5.41) is 77.7. The lowest BCUT2D eigenvalue weighted by molar-refractivity contribution is 0.307. The predicted octanol–water partition coefficient (Wildman–Crippen LogP) is 16.4. The molecule has 46 nitrogen and oxygen atoms in total. The number of aromatic nitrogens is 30. The Morgan fingerprint density at radius 2 is 1.02 bits per heavy atom. The molecule has 1 aliphatic carbocycles. The Morgan fingerprint density at radius 3 is 1.21 bits per heavy atom. The van der Waals surface area contributed by atoms with E-state index in [9.17, 15) is 0 Å². The largest absolute Gasteiger partial charge is 0.473 e. The lowest BCUT2D eigenvalue weighted by Gasteiger charge is -1.70. The molecular formula is C77H83N39O7S7. The standard InChI is InChI=1S/C5H5N.C5H6.3C4H4N2.2C4H5N.C4H4O.C4H4S.C3H3N3.2C3H4N2.2C3H3NO.2C3H3NS.C2H3N3.4C2H2N2O.4C2H2N2S/c1-2-4-6-5-3-1;1-2-4-5-3-1;1-2-6-4-3-5-1;1-2-5-4-6-3-1;1-2-4-6-5-3-1;4*1-2-4-5-3-1;1-4-2-6-3-5-1;2*1-2-4-5-3-1;1-2-5-3-4-1;1-2-4-5-3-1;1-2-5-3-4-1;2*1-2-4-5-3-1;1-3-4-2-5-1;1-3-2-5-4-1;1-2-5-4-3-1;1-2-4-5-3-1;1-3-4-2-5-1;1-3-2-5-4-1;1-2-5-4-3-1;1-2-4-5-3-1/h1-5H;1-4H,5H2;3*1-4H;1,3-4H,2H2;1-3H,4H2;2*1-4H;1-3H;2-3H,1H2;1-2H,3H2;4*1-3H;1H,2H2;8*1-2H. The highest BCUT2D eigenvalue weighted by molar-refractivity contribution is 7.08. The first-order valence-corrected chi connectivity index (χ1v) is 42.0. The van der Waals surface area contributed by atoms with Crippen molar-refractivity contribution in [2.45, 2.75) is 19.3 Å². The maximum absolute atomic E-state index is 4.58. The van der Waals surface area contributed by atoms with E-state index in [1.807, 2.05) is 118 Å². The van der Waals surface area contributed by atoms with Gasteiger partial charge in [-0.1, -0.05) is 79.8 Å². The van der Waals surface area contributed by atoms with E-state index < -0.39 is 0 Å². The van der Waals surface area contributed by atoms with E-state index in [0.717, 1.165) is 32.4 Å². The third kappa shape index (κ3) is 105. The van der Waals surface area contributed by atoms with Crippen molar-refractivity contribution in [1.29, 1.82) is 0 Å². The number of pyridine rings is 1. The molecule has 6 aliphatic rings. The Bertz CT molecular complexity index is 3680. The van der Waals surface area contributed by atoms with Gasteiger partial charge in [0.05, 0.1) is 105 Å². The van der Waals surface area contributed by atoms with Gasteiger partial charge in [0.25, 0.3) is 0 Å². The fourth-order valence-corrected chi connectivity index (χ4v) is 7.42. The summed E-state index contributed by atoms with van der Waals surface area (Å²) >= 11 is 10.2. The van der Waals surface area contributed by atoms with Crippen molar-refractivity contribution in [3.63, 3.8) is 0 Å². The Kier molecular flexibility index (Phi) is 92.5. The van der Waals surface area contributed by atoms with Gasteiger partial charge < -0.3 is 26.8 Å². The Hall–Kier alpha value is -16.9. The van der Waals surface area contributed by atoms with Crippen molar-refractivity contribution in [2.24, 2.45) is 45.9 Å². The van der Waals surface area contributed by atoms with Gasteiger partial charge in [-0.05, 0) is 124 Å². The Morgan fingerprint density at radius 1 is 0.285 bits per heavy atom. The molecule has 0 aromatic carbocycles. The normalized spacial score (nSPS) is 10.2. The highest BCUT2D eigenvalue weighted by Gasteiger charge is 1.79. The lowest BCUT2D eigenvalue weighted by atomic mass is 10.5. The second-order valence-corrected chi connectivity index (χ2v) is 23.7. The molecule has 24 heterocycles. The van der Waals surface area contributed by atoms with Crippen molar-refractivity contribution in [3.8, 4) is 0 Å². The Labute approximate surface area is 772 Å². The molecule has 19 aromatic heterocycles. The topological polar surface area (TPSA) is 590 Å². The van der Waals surface area contributed by atoms with Crippen LogP contribution in [0.5, 0.6) is 0 Å². The van der Waals surface area contributed by atoms with E-state index >= 15 is 0 Å². The van der Waals surface area contributed by atoms with E-state index in [4.69, 9.17) is 0 Å². The SMILES string of the molecule is C1=CCC=C1.C1=CCN=C1.C1=CN=CC1.C1=CN=NC1.C1=NN=CC1.C1=NN=NC1.c1ccncc1.c1ccnnc1.c1ccoc1.c1ccsc1.c1cnccn1.c1cncnc1.c1cnoc1.c1cnon1.c1cnsc1.c1cnsn1.c1cocn1.c1conn1.c1cscn1.c1csnn1.c1ncncn1.c1ncon1.c1ncsn1.c1nnco1.c1nncs1. The van der Waals surface area contributed by atoms with Gasteiger partial charge in [-0.3, -0.25) is 29.9 Å². The van der Waals surface area contributed by atoms with Gasteiger partial charge in [0.1, 0.15) is 67.0 Å². The molecule has 0 bridgehead atoms. The van der Waals surface area contributed by atoms with Crippen LogP contribution in [-0.2, 0) is 0 Å². The second kappa shape index (κ2) is 108. The van der Waals surface area contributed by atoms with Gasteiger partial charge in [-0.15, -0.1) is 58.4 Å². The van der Waals surface area contributed by atoms with Crippen LogP contribution in [0.3, 0.4) is 0 Å². The molecule has 130 heavy (non-hydrogen) atoms. The molecule has 670 valence electrons. The third-order valence-electron chi connectivity index (χ3n) is 9.88. The molecular weight excluding hydrogens is 1810 g/mol. The fraction of sp³-hybridized carbons (Fsp3) is 0.0779. The minimum absolute atomic E-state index is 0.667. The summed E-state index contributed by atoms with van der Waals surface area (Å²) in [5.74, 6) is 0. The van der Waals surface area contributed by atoms with Crippen LogP contribution in [-0.4, -0.2) is 199 Å². The highest BCUT2D eigenvalue weighted by atomic mass is 32.1. The zero-order valence-corrected chi connectivity index (χ0v) is 74.1. The third-order valence-corrected chi connectivity index (χ3v) is 13.3. The highest BCUT2D eigenvalue weighted by Crippen LogP contribution is 1.94. The molecule has 25 rings (SSSR count). The zero-order chi connectivity index (χ0) is 91.9. The van der Waals surface area contributed by atoms with Crippen molar-refractivity contribution in [3.05, 3.63) is 402 Å². The fourth-order valence-electron chi connectivity index (χ4n) is 5.18. The number of hydrogen-bond donors (Lipinski definition) is 0. The van der Waals surface area contributed by atoms with Crippen molar-refractivity contribution in [1.82, 2.24) is 148 Å². The predicted molar refractivity (Wildman–Crippen MR) is 494 cm³/mol. The smallest absolute Gasteiger partial charge is 0.213 e. The van der Waals surface area contributed by atoms with Gasteiger partial charge in [-0.2, -0.15) is 60.2 Å². The van der Waals surface area contributed by atoms with Crippen LogP contribution >= 0.6 is 80.3 Å². The molecule has 53 heteroatoms. The van der Waals surface area contributed by atoms with Crippen LogP contribution in [0.25, 0.3) is 0 Å². The summed E-state index contributed by atoms with van der Waals surface area (Å²) in [6.45, 7) is 2.33. The number of furan rings is 1. The number of azo groups is 1. The summed E-state index contributed by atoms with van der Waals surface area (Å²) in [7, 11) is 0. The molecule has 5 aliphatic heterocycles. The van der Waals surface area contributed by atoms with Crippen molar-refractivity contribution < 1.29 is 31.4 Å². The van der Waals surface area contributed by atoms with E-state index in [1.165, 1.54) is 159 Å². The van der Waals surface area contributed by atoms with E-state index in [2.05, 4.69) is 250 Å². The maximum atomic E-state index is 4.58. The van der Waals surface area contributed by atoms with E-state index in [0.29, 0.717) is 6.54 Å². The second-order valence-electron chi connectivity index (χ2n) is 18.9. The summed E-state index contributed by atoms with van der Waals surface area (Å²) in [6.07, 6.45) is 86.0.